The number of fused-ring (bicyclic) bond motifs is 4. The third-order valence-corrected chi connectivity index (χ3v) is 14.2. The topological polar surface area (TPSA) is 197 Å². The van der Waals surface area contributed by atoms with Crippen LogP contribution < -0.4 is 30.6 Å². The van der Waals surface area contributed by atoms with Crippen LogP contribution in [0.2, 0.25) is 0 Å². The Morgan fingerprint density at radius 1 is 0.984 bits per heavy atom. The number of alkyl carbamates (subject to hydrolysis) is 1. The number of aliphatic imine (C=N–C) groups is 1. The van der Waals surface area contributed by atoms with Crippen LogP contribution in [-0.2, 0) is 41.9 Å². The summed E-state index contributed by atoms with van der Waals surface area (Å²) in [5.74, 6) is -0.585. The van der Waals surface area contributed by atoms with E-state index in [4.69, 9.17) is 24.7 Å². The first-order chi connectivity index (χ1) is 30.4. The van der Waals surface area contributed by atoms with E-state index in [0.29, 0.717) is 35.7 Å². The van der Waals surface area contributed by atoms with E-state index in [1.165, 1.54) is 7.11 Å². The van der Waals surface area contributed by atoms with Crippen LogP contribution in [-0.4, -0.2) is 76.9 Å². The summed E-state index contributed by atoms with van der Waals surface area (Å²) in [6.45, 7) is 13.4. The Labute approximate surface area is 389 Å². The highest BCUT2D eigenvalue weighted by molar-refractivity contribution is 14.1. The molecule has 1 aliphatic heterocycles. The van der Waals surface area contributed by atoms with E-state index in [1.807, 2.05) is 63.2 Å². The average Bonchev–Trinajstić information content (AvgIpc) is 3.58. The molecular formula is C48H56IN5O9S. The lowest BCUT2D eigenvalue weighted by molar-refractivity contribution is -0.145. The van der Waals surface area contributed by atoms with E-state index in [2.05, 4.69) is 49.5 Å². The first-order valence-electron chi connectivity index (χ1n) is 21.1. The van der Waals surface area contributed by atoms with Gasteiger partial charge in [-0.3, -0.25) is 9.79 Å². The monoisotopic (exact) mass is 1010 g/mol. The number of amides is 2. The number of hydrogen-bond donors (Lipinski definition) is 4. The van der Waals surface area contributed by atoms with Crippen molar-refractivity contribution < 1.29 is 41.7 Å². The molecule has 0 bridgehead atoms. The van der Waals surface area contributed by atoms with Crippen LogP contribution in [0.3, 0.4) is 0 Å². The standard InChI is InChI=1S/C48H56IN5O9S/c1-8-25-61-32-20-18-31(19-21-32)26-40(45(56)60-7)52-44(55)39(53-47(57)62-27-37-35-14-10-9-13-34(35)36-15-11-16-38(49)41(36)37)17-12-24-51-46(50)54-64(58,59)43-29(3)28(2)42-33(30(43)4)22-23-48(5,6)63-42/h8-11,13-16,18-21,37,39-40H,1,12,17,22-27H2,2-7H3,(H,52,55)(H,53,57)(H3,50,51,54)/t37?,39-,40-/m0/s1. The number of benzene rings is 4. The van der Waals surface area contributed by atoms with Crippen molar-refractivity contribution in [2.24, 2.45) is 10.7 Å². The first kappa shape index (κ1) is 47.8. The van der Waals surface area contributed by atoms with E-state index in [1.54, 1.807) is 44.2 Å². The molecule has 4 aromatic carbocycles. The van der Waals surface area contributed by atoms with Crippen LogP contribution in [0.25, 0.3) is 11.1 Å². The molecule has 2 aliphatic rings. The summed E-state index contributed by atoms with van der Waals surface area (Å²) in [5, 5.41) is 5.45. The lowest BCUT2D eigenvalue weighted by Crippen LogP contribution is -2.52. The number of esters is 1. The smallest absolute Gasteiger partial charge is 0.407 e. The SMILES string of the molecule is C=CCOc1ccc(C[C@H](NC(=O)[C@H](CCCN=C(N)NS(=O)(=O)c2c(C)c(C)c3c(c2C)CCC(C)(C)O3)NC(=O)OCC2c3ccccc3-c3cccc(I)c32)C(=O)OC)cc1. The van der Waals surface area contributed by atoms with E-state index in [0.717, 1.165) is 48.9 Å². The second-order valence-corrected chi connectivity index (χ2v) is 19.3. The van der Waals surface area contributed by atoms with Crippen molar-refractivity contribution in [1.29, 1.82) is 0 Å². The van der Waals surface area contributed by atoms with Crippen LogP contribution in [0.1, 0.15) is 78.0 Å². The van der Waals surface area contributed by atoms with Crippen molar-refractivity contribution in [2.75, 3.05) is 26.9 Å². The fraction of sp³-hybridized carbons (Fsp3) is 0.375. The molecule has 16 heteroatoms. The lowest BCUT2D eigenvalue weighted by atomic mass is 9.88. The molecule has 0 aromatic heterocycles. The second-order valence-electron chi connectivity index (χ2n) is 16.6. The molecule has 1 unspecified atom stereocenters. The quantitative estimate of drug-likeness (QED) is 0.0212. The minimum absolute atomic E-state index is 0.00620. The number of halogens is 1. The average molecular weight is 1010 g/mol. The highest BCUT2D eigenvalue weighted by atomic mass is 127. The van der Waals surface area contributed by atoms with Gasteiger partial charge in [-0.25, -0.2) is 22.7 Å². The summed E-state index contributed by atoms with van der Waals surface area (Å²) in [7, 11) is -2.93. The number of guanidine groups is 1. The molecule has 0 saturated heterocycles. The Hall–Kier alpha value is -5.62. The third kappa shape index (κ3) is 11.0. The number of ether oxygens (including phenoxy) is 4. The summed E-state index contributed by atoms with van der Waals surface area (Å²) in [4.78, 5) is 45.0. The summed E-state index contributed by atoms with van der Waals surface area (Å²) >= 11 is 2.29. The third-order valence-electron chi connectivity index (χ3n) is 11.7. The van der Waals surface area contributed by atoms with Gasteiger partial charge in [0, 0.05) is 22.5 Å². The number of methoxy groups -OCH3 is 1. The molecule has 340 valence electrons. The molecule has 64 heavy (non-hydrogen) atoms. The van der Waals surface area contributed by atoms with E-state index in [-0.39, 0.29) is 54.8 Å². The van der Waals surface area contributed by atoms with Crippen LogP contribution in [0.15, 0.2) is 89.3 Å². The van der Waals surface area contributed by atoms with Crippen LogP contribution in [0, 0.1) is 24.3 Å². The van der Waals surface area contributed by atoms with Gasteiger partial charge in [-0.15, -0.1) is 0 Å². The number of rotatable bonds is 17. The molecule has 0 spiro atoms. The Morgan fingerprint density at radius 3 is 2.42 bits per heavy atom. The maximum Gasteiger partial charge on any atom is 0.407 e. The number of nitrogens with two attached hydrogens (primary N) is 1. The highest BCUT2D eigenvalue weighted by Crippen LogP contribution is 2.47. The molecule has 14 nitrogen and oxygen atoms in total. The molecule has 0 saturated carbocycles. The molecule has 0 fully saturated rings. The molecular weight excluding hydrogens is 950 g/mol. The summed E-state index contributed by atoms with van der Waals surface area (Å²) in [6.07, 6.45) is 2.49. The van der Waals surface area contributed by atoms with Crippen molar-refractivity contribution in [2.45, 2.75) is 95.2 Å². The van der Waals surface area contributed by atoms with Gasteiger partial charge in [-0.05, 0) is 151 Å². The highest BCUT2D eigenvalue weighted by Gasteiger charge is 2.35. The largest absolute Gasteiger partial charge is 0.490 e. The van der Waals surface area contributed by atoms with E-state index >= 15 is 0 Å². The van der Waals surface area contributed by atoms with E-state index in [9.17, 15) is 22.8 Å². The predicted octanol–water partition coefficient (Wildman–Crippen LogP) is 7.07. The molecule has 5 N–H and O–H groups in total. The Morgan fingerprint density at radius 2 is 1.70 bits per heavy atom. The summed E-state index contributed by atoms with van der Waals surface area (Å²) in [6, 6.07) is 18.8. The van der Waals surface area contributed by atoms with Gasteiger partial charge in [0.1, 0.15) is 42.4 Å². The van der Waals surface area contributed by atoms with Gasteiger partial charge in [0.05, 0.1) is 12.0 Å². The van der Waals surface area contributed by atoms with Gasteiger partial charge < -0.3 is 35.3 Å². The van der Waals surface area contributed by atoms with Crippen molar-refractivity contribution >= 4 is 56.5 Å². The van der Waals surface area contributed by atoms with E-state index < -0.39 is 40.1 Å². The van der Waals surface area contributed by atoms with Gasteiger partial charge in [0.2, 0.25) is 11.9 Å². The van der Waals surface area contributed by atoms with Crippen molar-refractivity contribution in [3.63, 3.8) is 0 Å². The number of nitrogens with zero attached hydrogens (tertiary/aromatic N) is 1. The minimum Gasteiger partial charge on any atom is -0.490 e. The zero-order valence-corrected chi connectivity index (χ0v) is 40.0. The summed E-state index contributed by atoms with van der Waals surface area (Å²) in [5.41, 5.74) is 13.5. The Kier molecular flexibility index (Phi) is 15.3. The molecule has 1 heterocycles. The number of hydrogen-bond acceptors (Lipinski definition) is 10. The molecule has 2 amide bonds. The first-order valence-corrected chi connectivity index (χ1v) is 23.7. The van der Waals surface area contributed by atoms with Crippen LogP contribution >= 0.6 is 22.6 Å². The van der Waals surface area contributed by atoms with Gasteiger partial charge >= 0.3 is 12.1 Å². The van der Waals surface area contributed by atoms with Crippen LogP contribution in [0.5, 0.6) is 11.5 Å². The minimum atomic E-state index is -4.15. The Bertz CT molecular complexity index is 2560. The number of nitrogens with one attached hydrogen (secondary N) is 3. The number of sulfonamides is 1. The summed E-state index contributed by atoms with van der Waals surface area (Å²) < 4.78 is 53.8. The molecule has 1 aliphatic carbocycles. The van der Waals surface area contributed by atoms with Gasteiger partial charge in [0.15, 0.2) is 0 Å². The lowest BCUT2D eigenvalue weighted by Gasteiger charge is -2.35. The van der Waals surface area contributed by atoms with Crippen molar-refractivity contribution in [3.8, 4) is 22.6 Å². The molecule has 6 rings (SSSR count). The molecule has 0 radical (unpaired) electrons. The zero-order chi connectivity index (χ0) is 46.3. The second kappa shape index (κ2) is 20.5. The number of carbonyl (C=O) groups excluding carboxylic acids is 3. The predicted molar refractivity (Wildman–Crippen MR) is 254 cm³/mol. The Balaban J connectivity index is 1.16. The zero-order valence-electron chi connectivity index (χ0n) is 37.0. The molecule has 3 atom stereocenters. The maximum atomic E-state index is 14.0. The number of carbonyl (C=O) groups is 3. The van der Waals surface area contributed by atoms with Gasteiger partial charge in [-0.2, -0.15) is 0 Å². The van der Waals surface area contributed by atoms with Gasteiger partial charge in [-0.1, -0.05) is 61.2 Å². The van der Waals surface area contributed by atoms with Crippen LogP contribution in [0.4, 0.5) is 4.79 Å². The fourth-order valence-electron chi connectivity index (χ4n) is 8.30. The maximum absolute atomic E-state index is 14.0. The van der Waals surface area contributed by atoms with Crippen molar-refractivity contribution in [1.82, 2.24) is 15.4 Å². The van der Waals surface area contributed by atoms with Crippen molar-refractivity contribution in [3.05, 3.63) is 122 Å². The fourth-order valence-corrected chi connectivity index (χ4v) is 10.7. The van der Waals surface area contributed by atoms with Gasteiger partial charge in [0.25, 0.3) is 10.0 Å². The normalized spacial score (nSPS) is 15.9. The molecule has 4 aromatic rings.